The molecule has 0 aromatic rings. The zero-order valence-corrected chi connectivity index (χ0v) is 11.9. The molecule has 2 heteroatoms. The number of hydrogen-bond donors (Lipinski definition) is 1. The van der Waals surface area contributed by atoms with Crippen molar-refractivity contribution < 1.29 is 0 Å². The van der Waals surface area contributed by atoms with E-state index in [1.807, 2.05) is 0 Å². The molecule has 1 aliphatic carbocycles. The third-order valence-corrected chi connectivity index (χ3v) is 4.71. The largest absolute Gasteiger partial charge is 0.311 e. The molecule has 0 spiro atoms. The van der Waals surface area contributed by atoms with E-state index in [1.165, 1.54) is 51.7 Å². The first-order valence-corrected chi connectivity index (χ1v) is 7.73. The minimum atomic E-state index is 0.719. The number of nitrogens with one attached hydrogen (secondary N) is 1. The molecule has 17 heavy (non-hydrogen) atoms. The van der Waals surface area contributed by atoms with E-state index in [4.69, 9.17) is 0 Å². The van der Waals surface area contributed by atoms with E-state index in [2.05, 4.69) is 31.0 Å². The van der Waals surface area contributed by atoms with Crippen molar-refractivity contribution in [3.63, 3.8) is 0 Å². The van der Waals surface area contributed by atoms with Crippen molar-refractivity contribution in [3.8, 4) is 0 Å². The van der Waals surface area contributed by atoms with Gasteiger partial charge in [-0.2, -0.15) is 0 Å². The lowest BCUT2D eigenvalue weighted by Gasteiger charge is -2.36. The summed E-state index contributed by atoms with van der Waals surface area (Å²) in [5.41, 5.74) is 0. The van der Waals surface area contributed by atoms with Gasteiger partial charge in [0.25, 0.3) is 0 Å². The standard InChI is InChI=1S/C15H30N2/c1-4-8-17-9-6-7-14(11-17)12(3)16-15-10-13(15)5-2/h12-16H,4-11H2,1-3H3. The highest BCUT2D eigenvalue weighted by Gasteiger charge is 2.37. The monoisotopic (exact) mass is 238 g/mol. The van der Waals surface area contributed by atoms with Crippen LogP contribution < -0.4 is 5.32 Å². The van der Waals surface area contributed by atoms with Gasteiger partial charge in [-0.05, 0) is 57.5 Å². The van der Waals surface area contributed by atoms with Gasteiger partial charge in [0, 0.05) is 18.6 Å². The number of nitrogens with zero attached hydrogens (tertiary/aromatic N) is 1. The zero-order valence-electron chi connectivity index (χ0n) is 11.9. The molecule has 1 saturated carbocycles. The van der Waals surface area contributed by atoms with Crippen LogP contribution in [0.25, 0.3) is 0 Å². The van der Waals surface area contributed by atoms with Crippen molar-refractivity contribution in [1.82, 2.24) is 10.2 Å². The average molecular weight is 238 g/mol. The first kappa shape index (κ1) is 13.4. The van der Waals surface area contributed by atoms with Crippen molar-refractivity contribution in [2.24, 2.45) is 11.8 Å². The van der Waals surface area contributed by atoms with Crippen LogP contribution in [0.1, 0.15) is 52.9 Å². The van der Waals surface area contributed by atoms with Crippen LogP contribution >= 0.6 is 0 Å². The predicted octanol–water partition coefficient (Wildman–Crippen LogP) is 2.89. The van der Waals surface area contributed by atoms with Gasteiger partial charge >= 0.3 is 0 Å². The van der Waals surface area contributed by atoms with Crippen LogP contribution in [0, 0.1) is 11.8 Å². The highest BCUT2D eigenvalue weighted by molar-refractivity contribution is 4.95. The van der Waals surface area contributed by atoms with Crippen molar-refractivity contribution >= 4 is 0 Å². The zero-order chi connectivity index (χ0) is 12.3. The molecule has 1 N–H and O–H groups in total. The molecule has 2 aliphatic rings. The Kier molecular flexibility index (Phi) is 4.87. The first-order valence-electron chi connectivity index (χ1n) is 7.73. The molecule has 2 rings (SSSR count). The molecule has 0 amide bonds. The van der Waals surface area contributed by atoms with Gasteiger partial charge in [0.2, 0.25) is 0 Å². The smallest absolute Gasteiger partial charge is 0.0102 e. The number of likely N-dealkylation sites (tertiary alicyclic amines) is 1. The molecule has 1 saturated heterocycles. The highest BCUT2D eigenvalue weighted by Crippen LogP contribution is 2.34. The van der Waals surface area contributed by atoms with Gasteiger partial charge < -0.3 is 10.2 Å². The Morgan fingerprint density at radius 1 is 1.35 bits per heavy atom. The summed E-state index contributed by atoms with van der Waals surface area (Å²) in [7, 11) is 0. The fraction of sp³-hybridized carbons (Fsp3) is 1.00. The highest BCUT2D eigenvalue weighted by atomic mass is 15.1. The van der Waals surface area contributed by atoms with E-state index in [1.54, 1.807) is 0 Å². The molecule has 0 aromatic heterocycles. The first-order chi connectivity index (χ1) is 8.24. The fourth-order valence-corrected chi connectivity index (χ4v) is 3.40. The molecular weight excluding hydrogens is 208 g/mol. The van der Waals surface area contributed by atoms with Gasteiger partial charge in [0.1, 0.15) is 0 Å². The number of piperidine rings is 1. The van der Waals surface area contributed by atoms with E-state index in [0.29, 0.717) is 0 Å². The molecule has 4 unspecified atom stereocenters. The molecule has 1 heterocycles. The summed E-state index contributed by atoms with van der Waals surface area (Å²) < 4.78 is 0. The minimum Gasteiger partial charge on any atom is -0.311 e. The molecule has 0 bridgehead atoms. The lowest BCUT2D eigenvalue weighted by molar-refractivity contribution is 0.150. The molecular formula is C15H30N2. The van der Waals surface area contributed by atoms with Crippen LogP contribution in [-0.4, -0.2) is 36.6 Å². The summed E-state index contributed by atoms with van der Waals surface area (Å²) in [6.45, 7) is 11.0. The van der Waals surface area contributed by atoms with Crippen LogP contribution in [0.5, 0.6) is 0 Å². The quantitative estimate of drug-likeness (QED) is 0.765. The Morgan fingerprint density at radius 3 is 2.82 bits per heavy atom. The summed E-state index contributed by atoms with van der Waals surface area (Å²) in [5, 5.41) is 3.86. The Morgan fingerprint density at radius 2 is 2.18 bits per heavy atom. The summed E-state index contributed by atoms with van der Waals surface area (Å²) in [6.07, 6.45) is 6.91. The van der Waals surface area contributed by atoms with Gasteiger partial charge in [-0.1, -0.05) is 20.3 Å². The Labute approximate surface area is 107 Å². The van der Waals surface area contributed by atoms with Crippen molar-refractivity contribution in [2.75, 3.05) is 19.6 Å². The number of rotatable bonds is 6. The van der Waals surface area contributed by atoms with E-state index in [0.717, 1.165) is 23.9 Å². The van der Waals surface area contributed by atoms with Gasteiger partial charge in [-0.15, -0.1) is 0 Å². The second-order valence-electron chi connectivity index (χ2n) is 6.17. The summed E-state index contributed by atoms with van der Waals surface area (Å²) >= 11 is 0. The Bertz CT molecular complexity index is 227. The second kappa shape index (κ2) is 6.19. The lowest BCUT2D eigenvalue weighted by Crippen LogP contribution is -2.45. The molecule has 4 atom stereocenters. The molecule has 0 radical (unpaired) electrons. The third kappa shape index (κ3) is 3.69. The number of hydrogen-bond acceptors (Lipinski definition) is 2. The van der Waals surface area contributed by atoms with E-state index in [-0.39, 0.29) is 0 Å². The van der Waals surface area contributed by atoms with Gasteiger partial charge in [0.05, 0.1) is 0 Å². The van der Waals surface area contributed by atoms with Crippen molar-refractivity contribution in [2.45, 2.75) is 65.0 Å². The SMILES string of the molecule is CCCN1CCCC(C(C)NC2CC2CC)C1. The normalized spacial score (nSPS) is 35.8. The summed E-state index contributed by atoms with van der Waals surface area (Å²) in [4.78, 5) is 2.66. The van der Waals surface area contributed by atoms with Crippen LogP contribution in [0.15, 0.2) is 0 Å². The van der Waals surface area contributed by atoms with Crippen molar-refractivity contribution in [1.29, 1.82) is 0 Å². The third-order valence-electron chi connectivity index (χ3n) is 4.71. The topological polar surface area (TPSA) is 15.3 Å². The Balaban J connectivity index is 1.72. The van der Waals surface area contributed by atoms with Crippen molar-refractivity contribution in [3.05, 3.63) is 0 Å². The van der Waals surface area contributed by atoms with Crippen LogP contribution in [0.2, 0.25) is 0 Å². The van der Waals surface area contributed by atoms with E-state index >= 15 is 0 Å². The summed E-state index contributed by atoms with van der Waals surface area (Å²) in [5.74, 6) is 1.86. The maximum Gasteiger partial charge on any atom is 0.0102 e. The Hall–Kier alpha value is -0.0800. The predicted molar refractivity (Wildman–Crippen MR) is 74.2 cm³/mol. The van der Waals surface area contributed by atoms with Crippen LogP contribution in [0.4, 0.5) is 0 Å². The average Bonchev–Trinajstić information content (AvgIpc) is 3.08. The van der Waals surface area contributed by atoms with E-state index < -0.39 is 0 Å². The fourth-order valence-electron chi connectivity index (χ4n) is 3.40. The van der Waals surface area contributed by atoms with E-state index in [9.17, 15) is 0 Å². The molecule has 0 aromatic carbocycles. The van der Waals surface area contributed by atoms with Crippen LogP contribution in [-0.2, 0) is 0 Å². The molecule has 1 aliphatic heterocycles. The maximum atomic E-state index is 3.86. The minimum absolute atomic E-state index is 0.719. The summed E-state index contributed by atoms with van der Waals surface area (Å²) in [6, 6.07) is 1.56. The molecule has 100 valence electrons. The second-order valence-corrected chi connectivity index (χ2v) is 6.17. The van der Waals surface area contributed by atoms with Crippen LogP contribution in [0.3, 0.4) is 0 Å². The van der Waals surface area contributed by atoms with Gasteiger partial charge in [-0.25, -0.2) is 0 Å². The lowest BCUT2D eigenvalue weighted by atomic mass is 9.91. The van der Waals surface area contributed by atoms with Gasteiger partial charge in [-0.3, -0.25) is 0 Å². The molecule has 2 fully saturated rings. The molecule has 2 nitrogen and oxygen atoms in total. The maximum absolute atomic E-state index is 3.86. The van der Waals surface area contributed by atoms with Gasteiger partial charge in [0.15, 0.2) is 0 Å².